The van der Waals surface area contributed by atoms with Gasteiger partial charge in [0.1, 0.15) is 17.2 Å². The summed E-state index contributed by atoms with van der Waals surface area (Å²) in [6.45, 7) is 0. The van der Waals surface area contributed by atoms with Crippen molar-refractivity contribution >= 4 is 28.9 Å². The molecular weight excluding hydrogens is 312 g/mol. The summed E-state index contributed by atoms with van der Waals surface area (Å²) in [4.78, 5) is 17.2. The Hall–Kier alpha value is -1.99. The molecule has 104 valence electrons. The number of benzene rings is 1. The molecule has 1 aromatic carbocycles. The Morgan fingerprint density at radius 3 is 2.75 bits per heavy atom. The molecule has 0 saturated carbocycles. The van der Waals surface area contributed by atoms with E-state index in [2.05, 4.69) is 9.97 Å². The summed E-state index contributed by atoms with van der Waals surface area (Å²) in [6.07, 6.45) is 1.16. The predicted molar refractivity (Wildman–Crippen MR) is 69.7 cm³/mol. The van der Waals surface area contributed by atoms with E-state index in [0.29, 0.717) is 5.56 Å². The molecule has 0 spiro atoms. The molecule has 0 N–H and O–H groups in total. The lowest BCUT2D eigenvalue weighted by atomic mass is 10.3. The summed E-state index contributed by atoms with van der Waals surface area (Å²) in [5.74, 6) is -0.910. The fourth-order valence-electron chi connectivity index (χ4n) is 1.39. The second-order valence-electron chi connectivity index (χ2n) is 3.55. The lowest BCUT2D eigenvalue weighted by Crippen LogP contribution is -1.97. The topological polar surface area (TPSA) is 78.2 Å². The van der Waals surface area contributed by atoms with Gasteiger partial charge in [-0.3, -0.25) is 10.1 Å². The molecule has 0 saturated heterocycles. The van der Waals surface area contributed by atoms with Gasteiger partial charge in [0.2, 0.25) is 11.7 Å². The van der Waals surface area contributed by atoms with Crippen LogP contribution in [0.25, 0.3) is 0 Å². The van der Waals surface area contributed by atoms with Crippen LogP contribution in [0.4, 0.5) is 10.1 Å². The predicted octanol–water partition coefficient (Wildman–Crippen LogP) is 3.71. The van der Waals surface area contributed by atoms with Gasteiger partial charge in [0.05, 0.1) is 16.4 Å². The number of nitrogens with zero attached hydrogens (tertiary/aromatic N) is 3. The van der Waals surface area contributed by atoms with Crippen LogP contribution < -0.4 is 4.74 Å². The Kier molecular flexibility index (Phi) is 4.31. The van der Waals surface area contributed by atoms with Crippen molar-refractivity contribution in [3.05, 3.63) is 51.2 Å². The number of hydrogen-bond donors (Lipinski definition) is 0. The summed E-state index contributed by atoms with van der Waals surface area (Å²) in [5.41, 5.74) is -0.301. The lowest BCUT2D eigenvalue weighted by Gasteiger charge is -2.08. The van der Waals surface area contributed by atoms with Crippen molar-refractivity contribution in [1.29, 1.82) is 0 Å². The fraction of sp³-hybridized carbons (Fsp3) is 0.0909. The molecule has 0 aliphatic rings. The van der Waals surface area contributed by atoms with E-state index in [-0.39, 0.29) is 22.7 Å². The largest absolute Gasteiger partial charge is 0.438 e. The summed E-state index contributed by atoms with van der Waals surface area (Å²) in [6, 6.07) is 3.12. The summed E-state index contributed by atoms with van der Waals surface area (Å²) in [5, 5.41) is 10.6. The van der Waals surface area contributed by atoms with Crippen LogP contribution in [0.1, 0.15) is 5.56 Å². The van der Waals surface area contributed by atoms with Gasteiger partial charge in [0, 0.05) is 12.1 Å². The zero-order valence-electron chi connectivity index (χ0n) is 9.72. The van der Waals surface area contributed by atoms with Crippen molar-refractivity contribution in [2.75, 3.05) is 0 Å². The zero-order valence-corrected chi connectivity index (χ0v) is 11.2. The van der Waals surface area contributed by atoms with Crippen LogP contribution in [0.3, 0.4) is 0 Å². The maximum Gasteiger partial charge on any atom is 0.305 e. The van der Waals surface area contributed by atoms with Crippen molar-refractivity contribution < 1.29 is 14.1 Å². The lowest BCUT2D eigenvalue weighted by molar-refractivity contribution is -0.387. The van der Waals surface area contributed by atoms with Crippen LogP contribution in [0.2, 0.25) is 5.15 Å². The number of nitro groups is 1. The quantitative estimate of drug-likeness (QED) is 0.372. The highest BCUT2D eigenvalue weighted by Gasteiger charge is 2.16. The van der Waals surface area contributed by atoms with Crippen LogP contribution in [0.15, 0.2) is 24.5 Å². The standard InChI is InChI=1S/C11H6Cl2FN3O3/c12-4-7-10(13)15-5-16-11(7)20-6-1-2-9(17(18)19)8(14)3-6/h1-3,5H,4H2. The van der Waals surface area contributed by atoms with Crippen LogP contribution in [0, 0.1) is 15.9 Å². The Morgan fingerprint density at radius 1 is 1.40 bits per heavy atom. The van der Waals surface area contributed by atoms with Crippen molar-refractivity contribution in [3.8, 4) is 11.6 Å². The highest BCUT2D eigenvalue weighted by molar-refractivity contribution is 6.31. The van der Waals surface area contributed by atoms with Crippen molar-refractivity contribution in [3.63, 3.8) is 0 Å². The van der Waals surface area contributed by atoms with Gasteiger partial charge in [-0.05, 0) is 6.07 Å². The Bertz CT molecular complexity index is 669. The summed E-state index contributed by atoms with van der Waals surface area (Å²) in [7, 11) is 0. The molecule has 0 unspecified atom stereocenters. The van der Waals surface area contributed by atoms with E-state index in [1.165, 1.54) is 6.07 Å². The number of hydrogen-bond acceptors (Lipinski definition) is 5. The van der Waals surface area contributed by atoms with Gasteiger partial charge in [-0.2, -0.15) is 4.39 Å². The number of halogens is 3. The number of alkyl halides is 1. The Balaban J connectivity index is 2.34. The molecule has 20 heavy (non-hydrogen) atoms. The van der Waals surface area contributed by atoms with Gasteiger partial charge < -0.3 is 4.74 Å². The van der Waals surface area contributed by atoms with Crippen molar-refractivity contribution in [1.82, 2.24) is 9.97 Å². The average Bonchev–Trinajstić information content (AvgIpc) is 2.38. The van der Waals surface area contributed by atoms with Crippen LogP contribution >= 0.6 is 23.2 Å². The smallest absolute Gasteiger partial charge is 0.305 e. The summed E-state index contributed by atoms with van der Waals surface area (Å²) >= 11 is 11.5. The van der Waals surface area contributed by atoms with E-state index in [4.69, 9.17) is 27.9 Å². The first-order valence-corrected chi connectivity index (χ1v) is 6.11. The molecule has 2 aromatic rings. The van der Waals surface area contributed by atoms with Crippen LogP contribution in [-0.4, -0.2) is 14.9 Å². The van der Waals surface area contributed by atoms with Crippen molar-refractivity contribution in [2.24, 2.45) is 0 Å². The second-order valence-corrected chi connectivity index (χ2v) is 4.18. The van der Waals surface area contributed by atoms with E-state index in [0.717, 1.165) is 18.5 Å². The molecule has 0 amide bonds. The number of rotatable bonds is 4. The van der Waals surface area contributed by atoms with E-state index in [9.17, 15) is 14.5 Å². The first kappa shape index (κ1) is 14.4. The van der Waals surface area contributed by atoms with Gasteiger partial charge in [-0.15, -0.1) is 11.6 Å². The number of aromatic nitrogens is 2. The van der Waals surface area contributed by atoms with Gasteiger partial charge in [0.25, 0.3) is 0 Å². The molecule has 0 atom stereocenters. The SMILES string of the molecule is O=[N+]([O-])c1ccc(Oc2ncnc(Cl)c2CCl)cc1F. The normalized spacial score (nSPS) is 10.3. The molecule has 6 nitrogen and oxygen atoms in total. The molecule has 2 rings (SSSR count). The highest BCUT2D eigenvalue weighted by atomic mass is 35.5. The molecule has 0 radical (unpaired) electrons. The third kappa shape index (κ3) is 2.94. The third-order valence-corrected chi connectivity index (χ3v) is 2.91. The first-order chi connectivity index (χ1) is 9.52. The Labute approximate surface area is 122 Å². The van der Waals surface area contributed by atoms with Crippen LogP contribution in [-0.2, 0) is 5.88 Å². The van der Waals surface area contributed by atoms with Gasteiger partial charge >= 0.3 is 5.69 Å². The minimum absolute atomic E-state index is 0.00443. The van der Waals surface area contributed by atoms with Gasteiger partial charge in [-0.1, -0.05) is 11.6 Å². The van der Waals surface area contributed by atoms with E-state index in [1.807, 2.05) is 0 Å². The van der Waals surface area contributed by atoms with Gasteiger partial charge in [-0.25, -0.2) is 9.97 Å². The minimum Gasteiger partial charge on any atom is -0.438 e. The molecule has 9 heteroatoms. The third-order valence-electron chi connectivity index (χ3n) is 2.32. The van der Waals surface area contributed by atoms with Crippen molar-refractivity contribution in [2.45, 2.75) is 5.88 Å². The average molecular weight is 318 g/mol. The van der Waals surface area contributed by atoms with E-state index in [1.54, 1.807) is 0 Å². The molecule has 0 aliphatic heterocycles. The molecule has 1 heterocycles. The number of ether oxygens (including phenoxy) is 1. The second kappa shape index (κ2) is 5.98. The van der Waals surface area contributed by atoms with Gasteiger partial charge in [0.15, 0.2) is 0 Å². The molecule has 0 fully saturated rings. The van der Waals surface area contributed by atoms with E-state index < -0.39 is 16.4 Å². The molecular formula is C11H6Cl2FN3O3. The Morgan fingerprint density at radius 2 is 2.15 bits per heavy atom. The molecule has 0 bridgehead atoms. The maximum absolute atomic E-state index is 13.5. The summed E-state index contributed by atoms with van der Waals surface area (Å²) < 4.78 is 18.8. The molecule has 0 aliphatic carbocycles. The highest BCUT2D eigenvalue weighted by Crippen LogP contribution is 2.30. The van der Waals surface area contributed by atoms with E-state index >= 15 is 0 Å². The van der Waals surface area contributed by atoms with Crippen LogP contribution in [0.5, 0.6) is 11.6 Å². The fourth-order valence-corrected chi connectivity index (χ4v) is 1.89. The molecule has 1 aromatic heterocycles. The monoisotopic (exact) mass is 317 g/mol. The minimum atomic E-state index is -1.01. The number of nitro benzene ring substituents is 1. The maximum atomic E-state index is 13.5. The first-order valence-electron chi connectivity index (χ1n) is 5.20. The zero-order chi connectivity index (χ0) is 14.7.